The molecule has 1 amide bonds. The van der Waals surface area contributed by atoms with Gasteiger partial charge >= 0.3 is 0 Å². The Morgan fingerprint density at radius 1 is 1.32 bits per heavy atom. The second-order valence-electron chi connectivity index (χ2n) is 4.71. The molecule has 2 N–H and O–H groups in total. The monoisotopic (exact) mass is 263 g/mol. The van der Waals surface area contributed by atoms with E-state index in [4.69, 9.17) is 4.74 Å². The molecule has 0 unspecified atom stereocenters. The third kappa shape index (κ3) is 6.62. The number of quaternary nitrogens is 1. The van der Waals surface area contributed by atoms with Crippen LogP contribution in [-0.2, 0) is 4.79 Å². The Morgan fingerprint density at radius 3 is 2.58 bits per heavy atom. The van der Waals surface area contributed by atoms with Gasteiger partial charge in [-0.25, -0.2) is 0 Å². The first-order valence-electron chi connectivity index (χ1n) is 6.51. The third-order valence-corrected chi connectivity index (χ3v) is 2.70. The first-order chi connectivity index (χ1) is 9.11. The zero-order valence-electron chi connectivity index (χ0n) is 11.9. The SMILES string of the molecule is COc1ccc(/C=C/C(=O)NCCC[NH+](C)C)cc1. The van der Waals surface area contributed by atoms with Crippen LogP contribution in [0, 0.1) is 0 Å². The van der Waals surface area contributed by atoms with Crippen molar-refractivity contribution in [3.05, 3.63) is 35.9 Å². The fraction of sp³-hybridized carbons (Fsp3) is 0.400. The number of benzene rings is 1. The molecule has 1 aromatic rings. The summed E-state index contributed by atoms with van der Waals surface area (Å²) in [5, 5.41) is 2.87. The van der Waals surface area contributed by atoms with Gasteiger partial charge in [0.05, 0.1) is 27.7 Å². The van der Waals surface area contributed by atoms with Gasteiger partial charge in [0, 0.05) is 19.0 Å². The Morgan fingerprint density at radius 2 is 2.00 bits per heavy atom. The molecule has 0 saturated heterocycles. The number of ether oxygens (including phenoxy) is 1. The van der Waals surface area contributed by atoms with Crippen molar-refractivity contribution < 1.29 is 14.4 Å². The Hall–Kier alpha value is -1.81. The molecule has 1 aromatic carbocycles. The van der Waals surface area contributed by atoms with Crippen LogP contribution in [0.1, 0.15) is 12.0 Å². The lowest BCUT2D eigenvalue weighted by molar-refractivity contribution is -0.858. The minimum Gasteiger partial charge on any atom is -0.497 e. The van der Waals surface area contributed by atoms with Crippen molar-refractivity contribution in [1.29, 1.82) is 0 Å². The smallest absolute Gasteiger partial charge is 0.244 e. The maximum Gasteiger partial charge on any atom is 0.244 e. The molecule has 1 rings (SSSR count). The summed E-state index contributed by atoms with van der Waals surface area (Å²) in [6.07, 6.45) is 4.35. The van der Waals surface area contributed by atoms with E-state index in [1.54, 1.807) is 19.3 Å². The first-order valence-corrected chi connectivity index (χ1v) is 6.51. The van der Waals surface area contributed by atoms with E-state index in [0.717, 1.165) is 30.8 Å². The number of hydrogen-bond donors (Lipinski definition) is 2. The summed E-state index contributed by atoms with van der Waals surface area (Å²) >= 11 is 0. The van der Waals surface area contributed by atoms with Crippen LogP contribution < -0.4 is 15.0 Å². The molecule has 0 radical (unpaired) electrons. The van der Waals surface area contributed by atoms with E-state index in [1.165, 1.54) is 4.90 Å². The Kier molecular flexibility index (Phi) is 6.68. The third-order valence-electron chi connectivity index (χ3n) is 2.70. The van der Waals surface area contributed by atoms with Crippen LogP contribution in [0.5, 0.6) is 5.75 Å². The molecular formula is C15H23N2O2+. The van der Waals surface area contributed by atoms with Gasteiger partial charge in [0.2, 0.25) is 5.91 Å². The van der Waals surface area contributed by atoms with Gasteiger partial charge < -0.3 is 15.0 Å². The van der Waals surface area contributed by atoms with Crippen molar-refractivity contribution in [1.82, 2.24) is 5.32 Å². The summed E-state index contributed by atoms with van der Waals surface area (Å²) in [7, 11) is 5.84. The van der Waals surface area contributed by atoms with Crippen LogP contribution >= 0.6 is 0 Å². The molecule has 0 aromatic heterocycles. The fourth-order valence-corrected chi connectivity index (χ4v) is 1.60. The minimum atomic E-state index is -0.0513. The van der Waals surface area contributed by atoms with Gasteiger partial charge in [-0.2, -0.15) is 0 Å². The summed E-state index contributed by atoms with van der Waals surface area (Å²) in [5.74, 6) is 0.761. The molecule has 0 fully saturated rings. The number of nitrogens with one attached hydrogen (secondary N) is 2. The van der Waals surface area contributed by atoms with Gasteiger partial charge in [0.1, 0.15) is 5.75 Å². The molecule has 19 heavy (non-hydrogen) atoms. The van der Waals surface area contributed by atoms with Crippen molar-refractivity contribution in [3.63, 3.8) is 0 Å². The largest absolute Gasteiger partial charge is 0.497 e. The standard InChI is InChI=1S/C15H22N2O2/c1-17(2)12-4-11-16-15(18)10-7-13-5-8-14(19-3)9-6-13/h5-10H,4,11-12H2,1-3H3,(H,16,18)/p+1/b10-7+. The first kappa shape index (κ1) is 15.2. The number of carbonyl (C=O) groups is 1. The van der Waals surface area contributed by atoms with Crippen LogP contribution in [0.4, 0.5) is 0 Å². The van der Waals surface area contributed by atoms with Gasteiger partial charge in [0.25, 0.3) is 0 Å². The zero-order chi connectivity index (χ0) is 14.1. The molecule has 0 aliphatic rings. The Balaban J connectivity index is 2.32. The highest BCUT2D eigenvalue weighted by atomic mass is 16.5. The summed E-state index contributed by atoms with van der Waals surface area (Å²) in [6.45, 7) is 1.78. The average Bonchev–Trinajstić information content (AvgIpc) is 2.41. The maximum absolute atomic E-state index is 11.6. The number of hydrogen-bond acceptors (Lipinski definition) is 2. The molecular weight excluding hydrogens is 240 g/mol. The quantitative estimate of drug-likeness (QED) is 0.551. The summed E-state index contributed by atoms with van der Waals surface area (Å²) in [5.41, 5.74) is 0.980. The predicted molar refractivity (Wildman–Crippen MR) is 77.3 cm³/mol. The maximum atomic E-state index is 11.6. The second-order valence-corrected chi connectivity index (χ2v) is 4.71. The average molecular weight is 263 g/mol. The van der Waals surface area contributed by atoms with Crippen LogP contribution in [0.2, 0.25) is 0 Å². The Bertz CT molecular complexity index is 411. The van der Waals surface area contributed by atoms with Gasteiger partial charge in [-0.3, -0.25) is 4.79 Å². The van der Waals surface area contributed by atoms with E-state index < -0.39 is 0 Å². The van der Waals surface area contributed by atoms with Crippen LogP contribution in [0.25, 0.3) is 6.08 Å². The normalized spacial score (nSPS) is 10.9. The number of carbonyl (C=O) groups excluding carboxylic acids is 1. The van der Waals surface area contributed by atoms with Crippen molar-refractivity contribution in [2.24, 2.45) is 0 Å². The molecule has 0 aliphatic heterocycles. The number of methoxy groups -OCH3 is 1. The van der Waals surface area contributed by atoms with Gasteiger partial charge in [-0.1, -0.05) is 12.1 Å². The summed E-state index contributed by atoms with van der Waals surface area (Å²) in [4.78, 5) is 12.9. The molecule has 104 valence electrons. The molecule has 0 heterocycles. The van der Waals surface area contributed by atoms with Crippen molar-refractivity contribution in [2.45, 2.75) is 6.42 Å². The lowest BCUT2D eigenvalue weighted by Gasteiger charge is -2.06. The molecule has 0 atom stereocenters. The van der Waals surface area contributed by atoms with Gasteiger partial charge in [0.15, 0.2) is 0 Å². The van der Waals surface area contributed by atoms with E-state index in [1.807, 2.05) is 24.3 Å². The topological polar surface area (TPSA) is 42.8 Å². The van der Waals surface area contributed by atoms with E-state index in [-0.39, 0.29) is 5.91 Å². The lowest BCUT2D eigenvalue weighted by Crippen LogP contribution is -3.05. The molecule has 0 spiro atoms. The molecule has 0 bridgehead atoms. The highest BCUT2D eigenvalue weighted by molar-refractivity contribution is 5.91. The highest BCUT2D eigenvalue weighted by Gasteiger charge is 1.97. The van der Waals surface area contributed by atoms with Gasteiger partial charge in [-0.15, -0.1) is 0 Å². The second kappa shape index (κ2) is 8.32. The number of rotatable bonds is 7. The van der Waals surface area contributed by atoms with E-state index in [0.29, 0.717) is 0 Å². The molecule has 4 heteroatoms. The summed E-state index contributed by atoms with van der Waals surface area (Å²) < 4.78 is 5.07. The summed E-state index contributed by atoms with van der Waals surface area (Å²) in [6, 6.07) is 7.57. The van der Waals surface area contributed by atoms with Crippen molar-refractivity contribution in [3.8, 4) is 5.75 Å². The van der Waals surface area contributed by atoms with Crippen LogP contribution in [-0.4, -0.2) is 40.2 Å². The molecule has 4 nitrogen and oxygen atoms in total. The van der Waals surface area contributed by atoms with Crippen molar-refractivity contribution >= 4 is 12.0 Å². The van der Waals surface area contributed by atoms with Crippen LogP contribution in [0.15, 0.2) is 30.3 Å². The lowest BCUT2D eigenvalue weighted by atomic mass is 10.2. The highest BCUT2D eigenvalue weighted by Crippen LogP contribution is 2.11. The Labute approximate surface area is 115 Å². The fourth-order valence-electron chi connectivity index (χ4n) is 1.60. The predicted octanol–water partition coefficient (Wildman–Crippen LogP) is 0.359. The zero-order valence-corrected chi connectivity index (χ0v) is 11.9. The van der Waals surface area contributed by atoms with Crippen molar-refractivity contribution in [2.75, 3.05) is 34.3 Å². The molecule has 0 saturated carbocycles. The van der Waals surface area contributed by atoms with E-state index in [2.05, 4.69) is 19.4 Å². The minimum absolute atomic E-state index is 0.0513. The van der Waals surface area contributed by atoms with E-state index in [9.17, 15) is 4.79 Å². The number of amides is 1. The van der Waals surface area contributed by atoms with Crippen LogP contribution in [0.3, 0.4) is 0 Å². The van der Waals surface area contributed by atoms with E-state index >= 15 is 0 Å². The van der Waals surface area contributed by atoms with Gasteiger partial charge in [-0.05, 0) is 23.8 Å². The molecule has 0 aliphatic carbocycles.